The standard InChI is InChI=1S/C12H7ClFN3O4/c13-8-4-7(14)1-2-9(8)16-11-10(17(20)21)3-6(5-15-11)12(18)19/h1-5H,(H,15,16)(H,18,19). The second-order valence-electron chi connectivity index (χ2n) is 3.90. The van der Waals surface area contributed by atoms with E-state index in [-0.39, 0.29) is 22.1 Å². The number of nitrogens with zero attached hydrogens (tertiary/aromatic N) is 2. The Kier molecular flexibility index (Phi) is 3.99. The minimum Gasteiger partial charge on any atom is -0.478 e. The highest BCUT2D eigenvalue weighted by Crippen LogP contribution is 2.30. The maximum Gasteiger partial charge on any atom is 0.337 e. The molecule has 108 valence electrons. The molecule has 0 amide bonds. The molecule has 21 heavy (non-hydrogen) atoms. The van der Waals surface area contributed by atoms with Gasteiger partial charge < -0.3 is 10.4 Å². The molecule has 7 nitrogen and oxygen atoms in total. The molecule has 0 unspecified atom stereocenters. The third-order valence-corrected chi connectivity index (χ3v) is 2.81. The van der Waals surface area contributed by atoms with Gasteiger partial charge in [0.05, 0.1) is 21.2 Å². The lowest BCUT2D eigenvalue weighted by Gasteiger charge is -2.08. The van der Waals surface area contributed by atoms with E-state index >= 15 is 0 Å². The van der Waals surface area contributed by atoms with Crippen LogP contribution in [0.2, 0.25) is 5.02 Å². The van der Waals surface area contributed by atoms with E-state index in [1.165, 1.54) is 6.07 Å². The van der Waals surface area contributed by atoms with Crippen LogP contribution in [0.4, 0.5) is 21.6 Å². The van der Waals surface area contributed by atoms with Crippen LogP contribution in [-0.2, 0) is 0 Å². The number of benzene rings is 1. The van der Waals surface area contributed by atoms with Crippen molar-refractivity contribution in [1.82, 2.24) is 4.98 Å². The van der Waals surface area contributed by atoms with E-state index in [0.29, 0.717) is 0 Å². The van der Waals surface area contributed by atoms with Gasteiger partial charge in [0.25, 0.3) is 0 Å². The summed E-state index contributed by atoms with van der Waals surface area (Å²) in [5.41, 5.74) is -0.649. The second-order valence-corrected chi connectivity index (χ2v) is 4.31. The van der Waals surface area contributed by atoms with Gasteiger partial charge in [-0.25, -0.2) is 14.2 Å². The summed E-state index contributed by atoms with van der Waals surface area (Å²) in [5, 5.41) is 22.3. The first-order valence-corrected chi connectivity index (χ1v) is 5.86. The Morgan fingerprint density at radius 1 is 1.43 bits per heavy atom. The van der Waals surface area contributed by atoms with Crippen LogP contribution < -0.4 is 5.32 Å². The number of anilines is 2. The summed E-state index contributed by atoms with van der Waals surface area (Å²) in [4.78, 5) is 24.7. The monoisotopic (exact) mass is 311 g/mol. The predicted molar refractivity (Wildman–Crippen MR) is 72.5 cm³/mol. The normalized spacial score (nSPS) is 10.2. The Balaban J connectivity index is 2.44. The fraction of sp³-hybridized carbons (Fsp3) is 0. The molecular formula is C12H7ClFN3O4. The third kappa shape index (κ3) is 3.23. The van der Waals surface area contributed by atoms with Crippen LogP contribution in [0.25, 0.3) is 0 Å². The van der Waals surface area contributed by atoms with Crippen molar-refractivity contribution in [3.05, 3.63) is 57.0 Å². The minimum absolute atomic E-state index is 0.00779. The number of pyridine rings is 1. The van der Waals surface area contributed by atoms with Crippen LogP contribution in [0.5, 0.6) is 0 Å². The number of carbonyl (C=O) groups is 1. The molecule has 0 atom stereocenters. The summed E-state index contributed by atoms with van der Waals surface area (Å²) >= 11 is 5.80. The van der Waals surface area contributed by atoms with Gasteiger partial charge >= 0.3 is 11.7 Å². The molecule has 2 rings (SSSR count). The SMILES string of the molecule is O=C(O)c1cnc(Nc2ccc(F)cc2Cl)c([N+](=O)[O-])c1. The zero-order chi connectivity index (χ0) is 15.6. The van der Waals surface area contributed by atoms with Crippen LogP contribution in [-0.4, -0.2) is 21.0 Å². The molecule has 0 aliphatic carbocycles. The number of nitro groups is 1. The predicted octanol–water partition coefficient (Wildman–Crippen LogP) is 3.22. The third-order valence-electron chi connectivity index (χ3n) is 2.50. The summed E-state index contributed by atoms with van der Waals surface area (Å²) in [6, 6.07) is 4.30. The van der Waals surface area contributed by atoms with Gasteiger partial charge in [-0.2, -0.15) is 0 Å². The van der Waals surface area contributed by atoms with Crippen molar-refractivity contribution in [3.63, 3.8) is 0 Å². The van der Waals surface area contributed by atoms with Crippen LogP contribution in [0, 0.1) is 15.9 Å². The van der Waals surface area contributed by atoms with E-state index in [1.54, 1.807) is 0 Å². The fourth-order valence-electron chi connectivity index (χ4n) is 1.52. The van der Waals surface area contributed by atoms with Gasteiger partial charge in [-0.1, -0.05) is 11.6 Å². The maximum absolute atomic E-state index is 12.9. The topological polar surface area (TPSA) is 105 Å². The highest BCUT2D eigenvalue weighted by molar-refractivity contribution is 6.33. The van der Waals surface area contributed by atoms with Crippen molar-refractivity contribution in [2.45, 2.75) is 0 Å². The molecule has 1 aromatic heterocycles. The van der Waals surface area contributed by atoms with Crippen molar-refractivity contribution >= 4 is 34.8 Å². The largest absolute Gasteiger partial charge is 0.478 e. The van der Waals surface area contributed by atoms with Crippen LogP contribution in [0.1, 0.15) is 10.4 Å². The van der Waals surface area contributed by atoms with Crippen molar-refractivity contribution < 1.29 is 19.2 Å². The van der Waals surface area contributed by atoms with Gasteiger partial charge in [-0.15, -0.1) is 0 Å². The summed E-state index contributed by atoms with van der Waals surface area (Å²) in [5.74, 6) is -2.09. The Hall–Kier alpha value is -2.74. The number of rotatable bonds is 4. The van der Waals surface area contributed by atoms with Gasteiger partial charge in [0.2, 0.25) is 5.82 Å². The molecule has 0 spiro atoms. The number of carboxylic acids is 1. The van der Waals surface area contributed by atoms with Crippen molar-refractivity contribution in [1.29, 1.82) is 0 Å². The molecule has 9 heteroatoms. The maximum atomic E-state index is 12.9. The molecule has 2 aromatic rings. The van der Waals surface area contributed by atoms with E-state index in [4.69, 9.17) is 16.7 Å². The second kappa shape index (κ2) is 5.71. The first-order chi connectivity index (χ1) is 9.88. The average molecular weight is 312 g/mol. The van der Waals surface area contributed by atoms with Crippen molar-refractivity contribution in [2.24, 2.45) is 0 Å². The first kappa shape index (κ1) is 14.7. The molecular weight excluding hydrogens is 305 g/mol. The van der Waals surface area contributed by atoms with Crippen molar-refractivity contribution in [2.75, 3.05) is 5.32 Å². The molecule has 1 heterocycles. The molecule has 2 N–H and O–H groups in total. The summed E-state index contributed by atoms with van der Waals surface area (Å²) in [6.45, 7) is 0. The summed E-state index contributed by atoms with van der Waals surface area (Å²) < 4.78 is 12.9. The Labute approximate surface area is 122 Å². The van der Waals surface area contributed by atoms with Gasteiger partial charge in [0.1, 0.15) is 5.82 Å². The molecule has 0 aliphatic rings. The van der Waals surface area contributed by atoms with Gasteiger partial charge in [-0.3, -0.25) is 10.1 Å². The number of aromatic carboxylic acids is 1. The molecule has 0 fully saturated rings. The van der Waals surface area contributed by atoms with E-state index < -0.39 is 22.4 Å². The van der Waals surface area contributed by atoms with Crippen LogP contribution >= 0.6 is 11.6 Å². The Morgan fingerprint density at radius 2 is 2.14 bits per heavy atom. The molecule has 1 aromatic carbocycles. The molecule has 0 saturated carbocycles. The van der Waals surface area contributed by atoms with E-state index in [0.717, 1.165) is 24.4 Å². The molecule has 0 aliphatic heterocycles. The van der Waals surface area contributed by atoms with Crippen LogP contribution in [0.3, 0.4) is 0 Å². The lowest BCUT2D eigenvalue weighted by Crippen LogP contribution is -2.04. The van der Waals surface area contributed by atoms with Crippen LogP contribution in [0.15, 0.2) is 30.5 Å². The number of aromatic nitrogens is 1. The zero-order valence-corrected chi connectivity index (χ0v) is 11.0. The lowest BCUT2D eigenvalue weighted by molar-refractivity contribution is -0.384. The zero-order valence-electron chi connectivity index (χ0n) is 10.2. The molecule has 0 radical (unpaired) electrons. The molecule has 0 saturated heterocycles. The van der Waals surface area contributed by atoms with Gasteiger partial charge in [0.15, 0.2) is 0 Å². The quantitative estimate of drug-likeness (QED) is 0.663. The van der Waals surface area contributed by atoms with E-state index in [9.17, 15) is 19.3 Å². The summed E-state index contributed by atoms with van der Waals surface area (Å²) in [7, 11) is 0. The number of nitrogens with one attached hydrogen (secondary N) is 1. The van der Waals surface area contributed by atoms with Gasteiger partial charge in [-0.05, 0) is 18.2 Å². The highest BCUT2D eigenvalue weighted by Gasteiger charge is 2.19. The molecule has 0 bridgehead atoms. The first-order valence-electron chi connectivity index (χ1n) is 5.48. The van der Waals surface area contributed by atoms with Gasteiger partial charge in [0, 0.05) is 12.3 Å². The minimum atomic E-state index is -1.34. The number of hydrogen-bond donors (Lipinski definition) is 2. The number of halogens is 2. The Morgan fingerprint density at radius 3 is 2.71 bits per heavy atom. The Bertz CT molecular complexity index is 738. The number of carboxylic acid groups (broad SMARTS) is 1. The summed E-state index contributed by atoms with van der Waals surface area (Å²) in [6.07, 6.45) is 0.967. The number of hydrogen-bond acceptors (Lipinski definition) is 5. The van der Waals surface area contributed by atoms with E-state index in [2.05, 4.69) is 10.3 Å². The fourth-order valence-corrected chi connectivity index (χ4v) is 1.74. The van der Waals surface area contributed by atoms with E-state index in [1.807, 2.05) is 0 Å². The average Bonchev–Trinajstić information content (AvgIpc) is 2.41. The lowest BCUT2D eigenvalue weighted by atomic mass is 10.2. The van der Waals surface area contributed by atoms with Crippen molar-refractivity contribution in [3.8, 4) is 0 Å². The highest BCUT2D eigenvalue weighted by atomic mass is 35.5. The smallest absolute Gasteiger partial charge is 0.337 e.